The summed E-state index contributed by atoms with van der Waals surface area (Å²) in [4.78, 5) is 19.6. The van der Waals surface area contributed by atoms with Gasteiger partial charge >= 0.3 is 0 Å². The van der Waals surface area contributed by atoms with Gasteiger partial charge in [-0.05, 0) is 65.2 Å². The summed E-state index contributed by atoms with van der Waals surface area (Å²) in [6, 6.07) is 30.5. The average molecular weight is 660 g/mol. The second-order valence-electron chi connectivity index (χ2n) is 10.4. The van der Waals surface area contributed by atoms with Crippen molar-refractivity contribution in [1.82, 2.24) is 5.32 Å². The molecule has 1 amide bonds. The van der Waals surface area contributed by atoms with E-state index in [4.69, 9.17) is 29.0 Å². The third-order valence-corrected chi connectivity index (χ3v) is 7.91. The molecule has 8 nitrogen and oxygen atoms in total. The number of hydrogen-bond acceptors (Lipinski definition) is 7. The van der Waals surface area contributed by atoms with Gasteiger partial charge in [0.2, 0.25) is 5.90 Å². The third kappa shape index (κ3) is 7.23. The molecule has 0 bridgehead atoms. The van der Waals surface area contributed by atoms with Gasteiger partial charge in [-0.1, -0.05) is 58.4 Å². The van der Waals surface area contributed by atoms with Crippen molar-refractivity contribution in [3.63, 3.8) is 0 Å². The molecule has 0 unspecified atom stereocenters. The molecule has 4 aromatic carbocycles. The lowest BCUT2D eigenvalue weighted by molar-refractivity contribution is -0.129. The second-order valence-corrected chi connectivity index (χ2v) is 11.3. The SMILES string of the molecule is COc1cc(CNC(=O)[C@]2(Cc3ccccc3)N=C(c3ccc(OCCCO)cc3)O[C@@H]2c2ccc(Br)cc2)cc(OC)c1. The van der Waals surface area contributed by atoms with E-state index in [1.807, 2.05) is 91.0 Å². The summed E-state index contributed by atoms with van der Waals surface area (Å²) >= 11 is 3.52. The van der Waals surface area contributed by atoms with E-state index in [0.29, 0.717) is 42.6 Å². The maximum atomic E-state index is 14.5. The standard InChI is InChI=1S/C35H35BrN2O6/c1-41-30-19-25(20-31(21-30)42-2)23-37-34(40)35(22-24-7-4-3-5-8-24)32(26-9-13-28(36)14-10-26)44-33(38-35)27-11-15-29(16-12-27)43-18-6-17-39/h3-5,7-16,19-21,32,39H,6,17-18,22-23H2,1-2H3,(H,37,40)/t32-,35-/m1/s1. The van der Waals surface area contributed by atoms with Gasteiger partial charge in [0.25, 0.3) is 5.91 Å². The molecule has 5 rings (SSSR count). The van der Waals surface area contributed by atoms with E-state index >= 15 is 0 Å². The second kappa shape index (κ2) is 14.4. The van der Waals surface area contributed by atoms with E-state index in [2.05, 4.69) is 21.2 Å². The fraction of sp³-hybridized carbons (Fsp3) is 0.257. The van der Waals surface area contributed by atoms with Gasteiger partial charge in [0.05, 0.1) is 20.8 Å². The molecule has 9 heteroatoms. The number of hydrogen-bond donors (Lipinski definition) is 2. The Labute approximate surface area is 265 Å². The van der Waals surface area contributed by atoms with Gasteiger partial charge < -0.3 is 29.4 Å². The molecule has 2 N–H and O–H groups in total. The number of methoxy groups -OCH3 is 2. The van der Waals surface area contributed by atoms with Crippen LogP contribution in [0.1, 0.15) is 34.8 Å². The molecule has 228 valence electrons. The van der Waals surface area contributed by atoms with E-state index < -0.39 is 11.6 Å². The molecule has 0 fully saturated rings. The van der Waals surface area contributed by atoms with Crippen LogP contribution >= 0.6 is 15.9 Å². The molecule has 0 aromatic heterocycles. The van der Waals surface area contributed by atoms with E-state index in [1.54, 1.807) is 20.3 Å². The monoisotopic (exact) mass is 658 g/mol. The van der Waals surface area contributed by atoms with Crippen LogP contribution in [-0.4, -0.2) is 49.9 Å². The maximum Gasteiger partial charge on any atom is 0.252 e. The van der Waals surface area contributed by atoms with E-state index in [0.717, 1.165) is 26.7 Å². The molecular formula is C35H35BrN2O6. The zero-order chi connectivity index (χ0) is 30.9. The molecule has 0 saturated heterocycles. The van der Waals surface area contributed by atoms with Gasteiger partial charge in [-0.25, -0.2) is 4.99 Å². The molecule has 44 heavy (non-hydrogen) atoms. The van der Waals surface area contributed by atoms with Crippen LogP contribution in [0.4, 0.5) is 0 Å². The Morgan fingerprint density at radius 2 is 1.59 bits per heavy atom. The number of aliphatic hydroxyl groups excluding tert-OH is 1. The number of carbonyl (C=O) groups is 1. The van der Waals surface area contributed by atoms with Gasteiger partial charge in [0, 0.05) is 42.1 Å². The maximum absolute atomic E-state index is 14.5. The number of rotatable bonds is 13. The summed E-state index contributed by atoms with van der Waals surface area (Å²) < 4.78 is 24.1. The van der Waals surface area contributed by atoms with Gasteiger partial charge in [-0.3, -0.25) is 4.79 Å². The number of nitrogens with one attached hydrogen (secondary N) is 1. The summed E-state index contributed by atoms with van der Waals surface area (Å²) in [7, 11) is 3.18. The first-order chi connectivity index (χ1) is 21.4. The van der Waals surface area contributed by atoms with Gasteiger partial charge in [-0.2, -0.15) is 0 Å². The smallest absolute Gasteiger partial charge is 0.252 e. The van der Waals surface area contributed by atoms with Crippen molar-refractivity contribution < 1.29 is 28.8 Å². The Bertz CT molecular complexity index is 1560. The summed E-state index contributed by atoms with van der Waals surface area (Å²) in [6.45, 7) is 0.719. The molecular weight excluding hydrogens is 624 g/mol. The molecule has 2 atom stereocenters. The van der Waals surface area contributed by atoms with Gasteiger partial charge in [-0.15, -0.1) is 0 Å². The molecule has 0 radical (unpaired) electrons. The first kappa shape index (κ1) is 31.1. The first-order valence-corrected chi connectivity index (χ1v) is 15.1. The van der Waals surface area contributed by atoms with Crippen molar-refractivity contribution in [2.75, 3.05) is 27.4 Å². The average Bonchev–Trinajstić information content (AvgIpc) is 3.44. The molecule has 1 aliphatic heterocycles. The van der Waals surface area contributed by atoms with Gasteiger partial charge in [0.1, 0.15) is 17.2 Å². The topological polar surface area (TPSA) is 98.6 Å². The number of amides is 1. The summed E-state index contributed by atoms with van der Waals surface area (Å²) in [5.74, 6) is 2.04. The Morgan fingerprint density at radius 1 is 0.909 bits per heavy atom. The number of halogens is 1. The first-order valence-electron chi connectivity index (χ1n) is 14.3. The summed E-state index contributed by atoms with van der Waals surface area (Å²) in [5, 5.41) is 12.2. The van der Waals surface area contributed by atoms with Crippen LogP contribution in [0.2, 0.25) is 0 Å². The Balaban J connectivity index is 1.54. The predicted octanol–water partition coefficient (Wildman–Crippen LogP) is 6.04. The van der Waals surface area contributed by atoms with Crippen LogP contribution in [-0.2, 0) is 22.5 Å². The minimum atomic E-state index is -1.32. The van der Waals surface area contributed by atoms with Crippen LogP contribution in [0.5, 0.6) is 17.2 Å². The number of aliphatic imine (C=N–C) groups is 1. The lowest BCUT2D eigenvalue weighted by atomic mass is 9.82. The predicted molar refractivity (Wildman–Crippen MR) is 172 cm³/mol. The van der Waals surface area contributed by atoms with Crippen LogP contribution in [0, 0.1) is 0 Å². The lowest BCUT2D eigenvalue weighted by Crippen LogP contribution is -2.49. The van der Waals surface area contributed by atoms with E-state index in [9.17, 15) is 4.79 Å². The van der Waals surface area contributed by atoms with Crippen LogP contribution in [0.3, 0.4) is 0 Å². The molecule has 0 spiro atoms. The number of nitrogens with zero attached hydrogens (tertiary/aromatic N) is 1. The molecule has 0 aliphatic carbocycles. The zero-order valence-corrected chi connectivity index (χ0v) is 26.3. The number of aliphatic hydroxyl groups is 1. The highest BCUT2D eigenvalue weighted by atomic mass is 79.9. The fourth-order valence-electron chi connectivity index (χ4n) is 5.13. The van der Waals surface area contributed by atoms with Gasteiger partial charge in [0.15, 0.2) is 11.6 Å². The quantitative estimate of drug-likeness (QED) is 0.170. The zero-order valence-electron chi connectivity index (χ0n) is 24.7. The van der Waals surface area contributed by atoms with Crippen molar-refractivity contribution in [3.8, 4) is 17.2 Å². The summed E-state index contributed by atoms with van der Waals surface area (Å²) in [5.41, 5.74) is 2.01. The Hall–Kier alpha value is -4.34. The van der Waals surface area contributed by atoms with Crippen molar-refractivity contribution in [3.05, 3.63) is 124 Å². The molecule has 4 aromatic rings. The Kier molecular flexibility index (Phi) is 10.2. The van der Waals surface area contributed by atoms with Crippen molar-refractivity contribution in [2.45, 2.75) is 31.0 Å². The fourth-order valence-corrected chi connectivity index (χ4v) is 5.40. The highest BCUT2D eigenvalue weighted by molar-refractivity contribution is 9.10. The number of carbonyl (C=O) groups excluding carboxylic acids is 1. The minimum absolute atomic E-state index is 0.0666. The van der Waals surface area contributed by atoms with E-state index in [-0.39, 0.29) is 19.1 Å². The highest BCUT2D eigenvalue weighted by Crippen LogP contribution is 2.43. The minimum Gasteiger partial charge on any atom is -0.497 e. The molecule has 0 saturated carbocycles. The number of benzene rings is 4. The summed E-state index contributed by atoms with van der Waals surface area (Å²) in [6.07, 6.45) is 0.158. The van der Waals surface area contributed by atoms with Crippen molar-refractivity contribution in [1.29, 1.82) is 0 Å². The van der Waals surface area contributed by atoms with Crippen molar-refractivity contribution >= 4 is 27.7 Å². The van der Waals surface area contributed by atoms with Crippen LogP contribution < -0.4 is 19.5 Å². The van der Waals surface area contributed by atoms with Crippen LogP contribution in [0.25, 0.3) is 0 Å². The van der Waals surface area contributed by atoms with Crippen molar-refractivity contribution in [2.24, 2.45) is 4.99 Å². The molecule has 1 heterocycles. The normalized spacial score (nSPS) is 17.4. The third-order valence-electron chi connectivity index (χ3n) is 7.38. The number of ether oxygens (including phenoxy) is 4. The Morgan fingerprint density at radius 3 is 2.23 bits per heavy atom. The lowest BCUT2D eigenvalue weighted by Gasteiger charge is -2.31. The van der Waals surface area contributed by atoms with E-state index in [1.165, 1.54) is 0 Å². The molecule has 1 aliphatic rings. The highest BCUT2D eigenvalue weighted by Gasteiger charge is 2.53. The largest absolute Gasteiger partial charge is 0.497 e. The van der Waals surface area contributed by atoms with Crippen LogP contribution in [0.15, 0.2) is 107 Å².